The van der Waals surface area contributed by atoms with Crippen LogP contribution in [-0.2, 0) is 11.2 Å². The largest absolute Gasteiger partial charge is 0.360 e. The van der Waals surface area contributed by atoms with Gasteiger partial charge >= 0.3 is 0 Å². The zero-order valence-corrected chi connectivity index (χ0v) is 20.9. The Morgan fingerprint density at radius 3 is 2.54 bits per heavy atom. The Morgan fingerprint density at radius 2 is 1.77 bits per heavy atom. The van der Waals surface area contributed by atoms with Gasteiger partial charge in [-0.25, -0.2) is 0 Å². The summed E-state index contributed by atoms with van der Waals surface area (Å²) in [4.78, 5) is 18.7. The van der Waals surface area contributed by atoms with E-state index in [0.29, 0.717) is 12.0 Å². The molecule has 2 aromatic heterocycles. The number of amides is 1. The summed E-state index contributed by atoms with van der Waals surface area (Å²) in [7, 11) is 0. The van der Waals surface area contributed by atoms with E-state index in [1.165, 1.54) is 5.56 Å². The van der Waals surface area contributed by atoms with Crippen molar-refractivity contribution in [1.29, 1.82) is 0 Å². The summed E-state index contributed by atoms with van der Waals surface area (Å²) >= 11 is 1.56. The van der Waals surface area contributed by atoms with E-state index in [9.17, 15) is 4.79 Å². The van der Waals surface area contributed by atoms with Gasteiger partial charge in [0.05, 0.1) is 5.25 Å². The molecule has 1 N–H and O–H groups in total. The zero-order chi connectivity index (χ0) is 23.8. The fraction of sp³-hybridized carbons (Fsp3) is 0.393. The van der Waals surface area contributed by atoms with E-state index >= 15 is 0 Å². The molecule has 1 amide bonds. The average molecular weight is 486 g/mol. The van der Waals surface area contributed by atoms with Crippen LogP contribution < -0.4 is 0 Å². The molecule has 1 aliphatic carbocycles. The van der Waals surface area contributed by atoms with Gasteiger partial charge in [-0.3, -0.25) is 9.36 Å². The predicted octanol–water partition coefficient (Wildman–Crippen LogP) is 5.72. The molecule has 6 nitrogen and oxygen atoms in total. The fourth-order valence-corrected chi connectivity index (χ4v) is 6.23. The first-order chi connectivity index (χ1) is 17.2. The van der Waals surface area contributed by atoms with E-state index in [0.717, 1.165) is 72.6 Å². The van der Waals surface area contributed by atoms with E-state index in [4.69, 9.17) is 0 Å². The smallest absolute Gasteiger partial charge is 0.235 e. The lowest BCUT2D eigenvalue weighted by molar-refractivity contribution is -0.131. The molecule has 6 rings (SSSR count). The van der Waals surface area contributed by atoms with Gasteiger partial charge in [0.1, 0.15) is 0 Å². The maximum atomic E-state index is 13.3. The highest BCUT2D eigenvalue weighted by molar-refractivity contribution is 8.00. The van der Waals surface area contributed by atoms with Gasteiger partial charge < -0.3 is 9.88 Å². The average Bonchev–Trinajstić information content (AvgIpc) is 3.51. The molecule has 0 spiro atoms. The second-order valence-electron chi connectivity index (χ2n) is 9.87. The van der Waals surface area contributed by atoms with Crippen molar-refractivity contribution in [1.82, 2.24) is 24.6 Å². The molecule has 180 valence electrons. The number of para-hydroxylation sites is 1. The molecule has 2 aliphatic rings. The summed E-state index contributed by atoms with van der Waals surface area (Å²) in [5.41, 5.74) is 3.57. The highest BCUT2D eigenvalue weighted by Gasteiger charge is 2.33. The fourth-order valence-electron chi connectivity index (χ4n) is 5.23. The number of carbonyl (C=O) groups excluding carboxylic acids is 1. The van der Waals surface area contributed by atoms with Crippen LogP contribution in [0.1, 0.15) is 44.2 Å². The number of H-pyrrole nitrogens is 1. The van der Waals surface area contributed by atoms with E-state index in [1.807, 2.05) is 19.2 Å². The second-order valence-corrected chi connectivity index (χ2v) is 11.2. The van der Waals surface area contributed by atoms with Crippen LogP contribution in [0.25, 0.3) is 22.3 Å². The number of nitrogens with zero attached hydrogens (tertiary/aromatic N) is 4. The highest BCUT2D eigenvalue weighted by atomic mass is 32.2. The minimum absolute atomic E-state index is 0.182. The number of fused-ring (bicyclic) bond motifs is 1. The number of rotatable bonds is 7. The standard InChI is InChI=1S/C28H31N5OS/c1-19(27(34)32-15-13-21(14-16-32)17-20-7-3-2-4-8-20)35-28-31-30-26(33(28)22-11-12-22)24-18-29-25-10-6-5-9-23(24)25/h2-10,18-19,21-22,29H,11-17H2,1H3. The van der Waals surface area contributed by atoms with Crippen LogP contribution in [0.4, 0.5) is 0 Å². The molecule has 1 aliphatic heterocycles. The van der Waals surface area contributed by atoms with E-state index < -0.39 is 0 Å². The molecule has 7 heteroatoms. The maximum absolute atomic E-state index is 13.3. The van der Waals surface area contributed by atoms with Crippen molar-refractivity contribution in [2.24, 2.45) is 5.92 Å². The third-order valence-corrected chi connectivity index (χ3v) is 8.37. The van der Waals surface area contributed by atoms with Crippen molar-refractivity contribution in [2.75, 3.05) is 13.1 Å². The lowest BCUT2D eigenvalue weighted by atomic mass is 9.90. The second kappa shape index (κ2) is 9.53. The molecule has 1 atom stereocenters. The van der Waals surface area contributed by atoms with Crippen molar-refractivity contribution >= 4 is 28.6 Å². The van der Waals surface area contributed by atoms with Gasteiger partial charge in [0.15, 0.2) is 11.0 Å². The molecule has 1 saturated heterocycles. The Labute approximate surface area is 210 Å². The van der Waals surface area contributed by atoms with Gasteiger partial charge in [-0.2, -0.15) is 0 Å². The Hall–Kier alpha value is -3.06. The van der Waals surface area contributed by atoms with Gasteiger partial charge in [-0.1, -0.05) is 60.3 Å². The topological polar surface area (TPSA) is 66.8 Å². The molecule has 35 heavy (non-hydrogen) atoms. The predicted molar refractivity (Wildman–Crippen MR) is 140 cm³/mol. The number of hydrogen-bond donors (Lipinski definition) is 1. The van der Waals surface area contributed by atoms with Crippen LogP contribution in [0.3, 0.4) is 0 Å². The summed E-state index contributed by atoms with van der Waals surface area (Å²) < 4.78 is 2.26. The van der Waals surface area contributed by atoms with Crippen LogP contribution >= 0.6 is 11.8 Å². The monoisotopic (exact) mass is 485 g/mol. The van der Waals surface area contributed by atoms with Gasteiger partial charge in [0, 0.05) is 41.8 Å². The summed E-state index contributed by atoms with van der Waals surface area (Å²) in [6.07, 6.45) is 7.54. The Kier molecular flexibility index (Phi) is 6.10. The number of piperidine rings is 1. The Morgan fingerprint density at radius 1 is 1.03 bits per heavy atom. The van der Waals surface area contributed by atoms with Gasteiger partial charge in [-0.05, 0) is 56.6 Å². The molecule has 0 radical (unpaired) electrons. The molecule has 4 aromatic rings. The zero-order valence-electron chi connectivity index (χ0n) is 20.1. The molecule has 3 heterocycles. The number of likely N-dealkylation sites (tertiary alicyclic amines) is 1. The summed E-state index contributed by atoms with van der Waals surface area (Å²) in [5, 5.41) is 11.0. The Bertz CT molecular complexity index is 1320. The van der Waals surface area contributed by atoms with Crippen LogP contribution in [0, 0.1) is 5.92 Å². The van der Waals surface area contributed by atoms with E-state index in [-0.39, 0.29) is 11.2 Å². The molecule has 0 bridgehead atoms. The van der Waals surface area contributed by atoms with Gasteiger partial charge in [0.2, 0.25) is 5.91 Å². The summed E-state index contributed by atoms with van der Waals surface area (Å²) in [6, 6.07) is 19.4. The van der Waals surface area contributed by atoms with Crippen molar-refractivity contribution in [3.8, 4) is 11.4 Å². The van der Waals surface area contributed by atoms with Crippen molar-refractivity contribution in [3.63, 3.8) is 0 Å². The number of aromatic amines is 1. The van der Waals surface area contributed by atoms with Crippen LogP contribution in [0.5, 0.6) is 0 Å². The number of nitrogens with one attached hydrogen (secondary N) is 1. The normalized spacial score (nSPS) is 17.7. The van der Waals surface area contributed by atoms with Crippen LogP contribution in [0.15, 0.2) is 66.0 Å². The molecular formula is C28H31N5OS. The van der Waals surface area contributed by atoms with Crippen LogP contribution in [0.2, 0.25) is 0 Å². The van der Waals surface area contributed by atoms with Crippen molar-refractivity contribution in [3.05, 3.63) is 66.4 Å². The molecule has 1 saturated carbocycles. The highest BCUT2D eigenvalue weighted by Crippen LogP contribution is 2.43. The third-order valence-electron chi connectivity index (χ3n) is 7.33. The number of carbonyl (C=O) groups is 1. The summed E-state index contributed by atoms with van der Waals surface area (Å²) in [6.45, 7) is 3.70. The lowest BCUT2D eigenvalue weighted by Crippen LogP contribution is -2.42. The number of benzene rings is 2. The van der Waals surface area contributed by atoms with Gasteiger partial charge in [0.25, 0.3) is 0 Å². The minimum atomic E-state index is -0.182. The Balaban J connectivity index is 1.13. The van der Waals surface area contributed by atoms with E-state index in [1.54, 1.807) is 11.8 Å². The third kappa shape index (κ3) is 4.61. The lowest BCUT2D eigenvalue weighted by Gasteiger charge is -2.33. The molecular weight excluding hydrogens is 454 g/mol. The molecule has 2 aromatic carbocycles. The molecule has 1 unspecified atom stereocenters. The quantitative estimate of drug-likeness (QED) is 0.340. The first kappa shape index (κ1) is 22.4. The van der Waals surface area contributed by atoms with Gasteiger partial charge in [-0.15, -0.1) is 10.2 Å². The first-order valence-corrected chi connectivity index (χ1v) is 13.6. The number of hydrogen-bond acceptors (Lipinski definition) is 4. The molecule has 2 fully saturated rings. The maximum Gasteiger partial charge on any atom is 0.235 e. The number of thioether (sulfide) groups is 1. The summed E-state index contributed by atoms with van der Waals surface area (Å²) in [5.74, 6) is 1.77. The minimum Gasteiger partial charge on any atom is -0.360 e. The van der Waals surface area contributed by atoms with E-state index in [2.05, 4.69) is 73.2 Å². The van der Waals surface area contributed by atoms with Crippen molar-refractivity contribution in [2.45, 2.75) is 55.5 Å². The van der Waals surface area contributed by atoms with Crippen LogP contribution in [-0.4, -0.2) is 48.9 Å². The number of aromatic nitrogens is 4. The first-order valence-electron chi connectivity index (χ1n) is 12.7. The SMILES string of the molecule is CC(Sc1nnc(-c2c[nH]c3ccccc23)n1C1CC1)C(=O)N1CCC(Cc2ccccc2)CC1. The van der Waals surface area contributed by atoms with Crippen molar-refractivity contribution < 1.29 is 4.79 Å².